The van der Waals surface area contributed by atoms with E-state index in [9.17, 15) is 9.18 Å². The van der Waals surface area contributed by atoms with E-state index in [2.05, 4.69) is 0 Å². The Kier molecular flexibility index (Phi) is 6.18. The fourth-order valence-corrected chi connectivity index (χ4v) is 2.90. The van der Waals surface area contributed by atoms with Gasteiger partial charge in [-0.15, -0.1) is 0 Å². The summed E-state index contributed by atoms with van der Waals surface area (Å²) >= 11 is 0. The largest absolute Gasteiger partial charge is 0.444 e. The van der Waals surface area contributed by atoms with Crippen LogP contribution >= 0.6 is 0 Å². The fraction of sp³-hybridized carbons (Fsp3) is 0.611. The first kappa shape index (κ1) is 18.7. The average molecular weight is 339 g/mol. The van der Waals surface area contributed by atoms with Crippen molar-refractivity contribution in [1.82, 2.24) is 4.90 Å². The summed E-state index contributed by atoms with van der Waals surface area (Å²) in [7, 11) is 0. The molecule has 5 nitrogen and oxygen atoms in total. The summed E-state index contributed by atoms with van der Waals surface area (Å²) in [4.78, 5) is 13.9. The van der Waals surface area contributed by atoms with Gasteiger partial charge in [0.15, 0.2) is 0 Å². The van der Waals surface area contributed by atoms with E-state index < -0.39 is 12.4 Å². The predicted octanol–water partition coefficient (Wildman–Crippen LogP) is 3.41. The maximum atomic E-state index is 13.9. The van der Waals surface area contributed by atoms with Gasteiger partial charge in [-0.05, 0) is 56.9 Å². The lowest BCUT2D eigenvalue weighted by Gasteiger charge is -2.34. The smallest absolute Gasteiger partial charge is 0.410 e. The molecule has 1 heterocycles. The molecule has 1 aromatic carbocycles. The molecule has 1 saturated heterocycles. The number of amides is 1. The highest BCUT2D eigenvalue weighted by atomic mass is 19.1. The summed E-state index contributed by atoms with van der Waals surface area (Å²) in [5.74, 6) is -0.270. The third kappa shape index (κ3) is 5.46. The number of aliphatic hydroxyl groups is 1. The number of aliphatic hydroxyl groups excluding tert-OH is 1. The third-order valence-corrected chi connectivity index (χ3v) is 3.88. The molecule has 0 bridgehead atoms. The summed E-state index contributed by atoms with van der Waals surface area (Å²) < 4.78 is 24.2. The van der Waals surface area contributed by atoms with Gasteiger partial charge in [-0.1, -0.05) is 6.07 Å². The number of carbonyl (C=O) groups excluding carboxylic acids is 1. The van der Waals surface area contributed by atoms with Crippen LogP contribution in [0.4, 0.5) is 9.18 Å². The highest BCUT2D eigenvalue weighted by Crippen LogP contribution is 2.29. The molecule has 1 N–H and O–H groups in total. The van der Waals surface area contributed by atoms with Crippen LogP contribution in [-0.2, 0) is 16.1 Å². The normalized spacial score (nSPS) is 18.5. The van der Waals surface area contributed by atoms with Crippen molar-refractivity contribution in [3.63, 3.8) is 0 Å². The maximum Gasteiger partial charge on any atom is 0.410 e. The van der Waals surface area contributed by atoms with Crippen LogP contribution in [0.1, 0.15) is 50.7 Å². The molecule has 0 aliphatic carbocycles. The van der Waals surface area contributed by atoms with E-state index in [1.54, 1.807) is 4.90 Å². The van der Waals surface area contributed by atoms with Crippen molar-refractivity contribution in [1.29, 1.82) is 0 Å². The van der Waals surface area contributed by atoms with Gasteiger partial charge < -0.3 is 19.5 Å². The molecule has 2 rings (SSSR count). The first-order valence-electron chi connectivity index (χ1n) is 8.24. The third-order valence-electron chi connectivity index (χ3n) is 3.88. The number of piperidine rings is 1. The van der Waals surface area contributed by atoms with Gasteiger partial charge in [0.2, 0.25) is 0 Å². The van der Waals surface area contributed by atoms with Gasteiger partial charge in [-0.3, -0.25) is 0 Å². The van der Waals surface area contributed by atoms with Gasteiger partial charge in [0.05, 0.1) is 6.61 Å². The maximum absolute atomic E-state index is 13.9. The molecule has 1 aliphatic rings. The van der Waals surface area contributed by atoms with E-state index >= 15 is 0 Å². The minimum Gasteiger partial charge on any atom is -0.444 e. The van der Waals surface area contributed by atoms with Crippen LogP contribution in [0.2, 0.25) is 0 Å². The highest BCUT2D eigenvalue weighted by Gasteiger charge is 2.28. The van der Waals surface area contributed by atoms with E-state index in [-0.39, 0.29) is 24.4 Å². The summed E-state index contributed by atoms with van der Waals surface area (Å²) in [6, 6.07) is 4.78. The van der Waals surface area contributed by atoms with E-state index in [1.807, 2.05) is 26.8 Å². The molecule has 0 saturated carbocycles. The zero-order valence-electron chi connectivity index (χ0n) is 14.5. The number of carbonyl (C=O) groups is 1. The monoisotopic (exact) mass is 339 g/mol. The Morgan fingerprint density at radius 2 is 2.12 bits per heavy atom. The van der Waals surface area contributed by atoms with Crippen molar-refractivity contribution < 1.29 is 23.8 Å². The number of benzene rings is 1. The van der Waals surface area contributed by atoms with Crippen molar-refractivity contribution in [3.05, 3.63) is 35.1 Å². The number of ether oxygens (including phenoxy) is 2. The van der Waals surface area contributed by atoms with Gasteiger partial charge in [0.25, 0.3) is 0 Å². The summed E-state index contributed by atoms with van der Waals surface area (Å²) in [5, 5.41) is 8.73. The SMILES string of the molecule is CC(C)(C)OC(=O)N1CCCC(c2cc(F)cc(COCO)c2)C1. The number of rotatable bonds is 4. The Morgan fingerprint density at radius 1 is 1.38 bits per heavy atom. The number of halogens is 1. The van der Waals surface area contributed by atoms with E-state index in [4.69, 9.17) is 14.6 Å². The number of likely N-dealkylation sites (tertiary alicyclic amines) is 1. The van der Waals surface area contributed by atoms with Crippen molar-refractivity contribution in [3.8, 4) is 0 Å². The molecule has 24 heavy (non-hydrogen) atoms. The molecule has 0 spiro atoms. The molecule has 1 aromatic rings. The minimum absolute atomic E-state index is 0.0647. The van der Waals surface area contributed by atoms with E-state index in [1.165, 1.54) is 12.1 Å². The lowest BCUT2D eigenvalue weighted by molar-refractivity contribution is -0.0114. The van der Waals surface area contributed by atoms with Crippen LogP contribution in [0, 0.1) is 5.82 Å². The average Bonchev–Trinajstić information content (AvgIpc) is 2.51. The van der Waals surface area contributed by atoms with Gasteiger partial charge >= 0.3 is 6.09 Å². The Labute approximate surface area is 142 Å². The summed E-state index contributed by atoms with van der Waals surface area (Å²) in [5.41, 5.74) is 0.991. The molecule has 1 fully saturated rings. The van der Waals surface area contributed by atoms with Crippen molar-refractivity contribution in [2.75, 3.05) is 19.9 Å². The standard InChI is InChI=1S/C18H26FNO4/c1-18(2,3)24-17(22)20-6-4-5-14(10-20)15-7-13(11-23-12-21)8-16(19)9-15/h7-9,14,21H,4-6,10-12H2,1-3H3. The van der Waals surface area contributed by atoms with Gasteiger partial charge in [0.1, 0.15) is 18.2 Å². The fourth-order valence-electron chi connectivity index (χ4n) is 2.90. The van der Waals surface area contributed by atoms with Gasteiger partial charge in [-0.25, -0.2) is 9.18 Å². The summed E-state index contributed by atoms with van der Waals surface area (Å²) in [6.07, 6.45) is 1.42. The lowest BCUT2D eigenvalue weighted by atomic mass is 9.90. The van der Waals surface area contributed by atoms with Crippen LogP contribution in [0.25, 0.3) is 0 Å². The Bertz CT molecular complexity index is 571. The molecular weight excluding hydrogens is 313 g/mol. The zero-order chi connectivity index (χ0) is 17.7. The second-order valence-electron chi connectivity index (χ2n) is 7.14. The Balaban J connectivity index is 2.09. The van der Waals surface area contributed by atoms with Crippen LogP contribution in [-0.4, -0.2) is 41.6 Å². The minimum atomic E-state index is -0.530. The van der Waals surface area contributed by atoms with Crippen molar-refractivity contribution >= 4 is 6.09 Å². The van der Waals surface area contributed by atoms with Crippen molar-refractivity contribution in [2.24, 2.45) is 0 Å². The molecule has 0 aromatic heterocycles. The van der Waals surface area contributed by atoms with Crippen LogP contribution < -0.4 is 0 Å². The van der Waals surface area contributed by atoms with Crippen molar-refractivity contribution in [2.45, 2.75) is 51.7 Å². The molecule has 134 valence electrons. The molecule has 1 amide bonds. The first-order valence-corrected chi connectivity index (χ1v) is 8.24. The van der Waals surface area contributed by atoms with Gasteiger partial charge in [0, 0.05) is 19.0 Å². The number of hydrogen-bond donors (Lipinski definition) is 1. The molecular formula is C18H26FNO4. The quantitative estimate of drug-likeness (QED) is 0.854. The Hall–Kier alpha value is -1.66. The molecule has 1 unspecified atom stereocenters. The first-order chi connectivity index (χ1) is 11.3. The highest BCUT2D eigenvalue weighted by molar-refractivity contribution is 5.68. The zero-order valence-corrected chi connectivity index (χ0v) is 14.5. The molecule has 6 heteroatoms. The van der Waals surface area contributed by atoms with Crippen LogP contribution in [0.5, 0.6) is 0 Å². The van der Waals surface area contributed by atoms with E-state index in [0.717, 1.165) is 18.4 Å². The second-order valence-corrected chi connectivity index (χ2v) is 7.14. The topological polar surface area (TPSA) is 59.0 Å². The molecule has 1 atom stereocenters. The molecule has 0 radical (unpaired) electrons. The predicted molar refractivity (Wildman–Crippen MR) is 88.1 cm³/mol. The molecule has 1 aliphatic heterocycles. The Morgan fingerprint density at radius 3 is 2.79 bits per heavy atom. The van der Waals surface area contributed by atoms with E-state index in [0.29, 0.717) is 18.7 Å². The van der Waals surface area contributed by atoms with Crippen LogP contribution in [0.15, 0.2) is 18.2 Å². The van der Waals surface area contributed by atoms with Gasteiger partial charge in [-0.2, -0.15) is 0 Å². The van der Waals surface area contributed by atoms with Crippen LogP contribution in [0.3, 0.4) is 0 Å². The second kappa shape index (κ2) is 7.94. The lowest BCUT2D eigenvalue weighted by Crippen LogP contribution is -2.42. The number of hydrogen-bond acceptors (Lipinski definition) is 4. The summed E-state index contributed by atoms with van der Waals surface area (Å²) in [6.45, 7) is 6.44. The number of nitrogens with zero attached hydrogens (tertiary/aromatic N) is 1.